The minimum atomic E-state index is -0.106. The van der Waals surface area contributed by atoms with E-state index in [1.165, 1.54) is 0 Å². The summed E-state index contributed by atoms with van der Waals surface area (Å²) in [6, 6.07) is 1.99. The quantitative estimate of drug-likeness (QED) is 0.744. The Morgan fingerprint density at radius 3 is 2.89 bits per heavy atom. The second-order valence-corrected chi connectivity index (χ2v) is 5.33. The Labute approximate surface area is 113 Å². The Balaban J connectivity index is 2.49. The number of hydrogen-bond donors (Lipinski definition) is 2. The van der Waals surface area contributed by atoms with Gasteiger partial charge >= 0.3 is 0 Å². The maximum Gasteiger partial charge on any atom is 0.240 e. The molecule has 0 unspecified atom stereocenters. The summed E-state index contributed by atoms with van der Waals surface area (Å²) in [4.78, 5) is 15.9. The molecule has 1 aromatic heterocycles. The fraction of sp³-hybridized carbons (Fsp3) is 0.615. The molecular weight excluding hydrogens is 242 g/mol. The van der Waals surface area contributed by atoms with Crippen molar-refractivity contribution in [1.82, 2.24) is 20.2 Å². The molecule has 2 N–H and O–H groups in total. The van der Waals surface area contributed by atoms with Gasteiger partial charge in [0, 0.05) is 24.5 Å². The number of nitrogens with one attached hydrogen (secondary N) is 2. The number of imidazole rings is 1. The molecule has 1 rings (SSSR count). The van der Waals surface area contributed by atoms with Gasteiger partial charge in [0.25, 0.3) is 0 Å². The lowest BCUT2D eigenvalue weighted by Crippen LogP contribution is -2.36. The van der Waals surface area contributed by atoms with Gasteiger partial charge in [-0.15, -0.1) is 0 Å². The molecule has 0 aromatic carbocycles. The van der Waals surface area contributed by atoms with Gasteiger partial charge in [0.2, 0.25) is 5.91 Å². The molecular formula is C13H21N5O. The molecule has 6 nitrogen and oxygen atoms in total. The number of amides is 1. The molecule has 0 atom stereocenters. The van der Waals surface area contributed by atoms with Gasteiger partial charge < -0.3 is 15.2 Å². The van der Waals surface area contributed by atoms with E-state index in [1.807, 2.05) is 6.07 Å². The molecule has 0 saturated heterocycles. The van der Waals surface area contributed by atoms with Crippen LogP contribution in [0.25, 0.3) is 0 Å². The molecule has 104 valence electrons. The van der Waals surface area contributed by atoms with Gasteiger partial charge in [-0.1, -0.05) is 0 Å². The minimum Gasteiger partial charge on any atom is -0.354 e. The first-order valence-electron chi connectivity index (χ1n) is 6.31. The Morgan fingerprint density at radius 2 is 2.26 bits per heavy atom. The van der Waals surface area contributed by atoms with E-state index in [4.69, 9.17) is 5.26 Å². The first-order valence-corrected chi connectivity index (χ1v) is 6.31. The minimum absolute atomic E-state index is 0.00579. The zero-order valence-corrected chi connectivity index (χ0v) is 11.7. The Morgan fingerprint density at radius 1 is 1.53 bits per heavy atom. The van der Waals surface area contributed by atoms with E-state index in [1.54, 1.807) is 17.0 Å². The molecule has 6 heteroatoms. The molecule has 1 aromatic rings. The molecule has 1 amide bonds. The van der Waals surface area contributed by atoms with Crippen LogP contribution in [0.15, 0.2) is 12.4 Å². The van der Waals surface area contributed by atoms with Crippen molar-refractivity contribution in [3.8, 4) is 6.07 Å². The Kier molecular flexibility index (Phi) is 5.52. The molecule has 0 saturated carbocycles. The van der Waals surface area contributed by atoms with Gasteiger partial charge in [0.1, 0.15) is 12.4 Å². The van der Waals surface area contributed by atoms with Crippen LogP contribution in [0.2, 0.25) is 0 Å². The smallest absolute Gasteiger partial charge is 0.240 e. The fourth-order valence-corrected chi connectivity index (χ4v) is 1.46. The first kappa shape index (κ1) is 15.2. The van der Waals surface area contributed by atoms with Gasteiger partial charge in [0.15, 0.2) is 0 Å². The topological polar surface area (TPSA) is 82.7 Å². The van der Waals surface area contributed by atoms with Gasteiger partial charge in [-0.3, -0.25) is 4.79 Å². The number of carbonyl (C=O) groups excluding carboxylic acids is 1. The largest absolute Gasteiger partial charge is 0.354 e. The zero-order chi connectivity index (χ0) is 14.3. The fourth-order valence-electron chi connectivity index (χ4n) is 1.46. The lowest BCUT2D eigenvalue weighted by atomic mass is 10.1. The predicted molar refractivity (Wildman–Crippen MR) is 72.1 cm³/mol. The summed E-state index contributed by atoms with van der Waals surface area (Å²) in [5, 5.41) is 14.4. The van der Waals surface area contributed by atoms with Crippen LogP contribution in [0, 0.1) is 11.3 Å². The molecule has 0 aliphatic rings. The summed E-state index contributed by atoms with van der Waals surface area (Å²) in [6.07, 6.45) is 3.79. The van der Waals surface area contributed by atoms with Crippen LogP contribution < -0.4 is 10.6 Å². The van der Waals surface area contributed by atoms with Crippen LogP contribution >= 0.6 is 0 Å². The molecule has 0 bridgehead atoms. The summed E-state index contributed by atoms with van der Waals surface area (Å²) in [7, 11) is 0. The second kappa shape index (κ2) is 6.90. The summed E-state index contributed by atoms with van der Waals surface area (Å²) in [6.45, 7) is 7.47. The third-order valence-electron chi connectivity index (χ3n) is 2.45. The Hall–Kier alpha value is -1.87. The number of nitriles is 1. The van der Waals surface area contributed by atoms with E-state index in [9.17, 15) is 4.79 Å². The molecule has 19 heavy (non-hydrogen) atoms. The molecule has 0 aliphatic carbocycles. The van der Waals surface area contributed by atoms with Gasteiger partial charge in [-0.2, -0.15) is 5.26 Å². The van der Waals surface area contributed by atoms with E-state index >= 15 is 0 Å². The molecule has 0 spiro atoms. The lowest BCUT2D eigenvalue weighted by molar-refractivity contribution is -0.121. The number of hydrogen-bond acceptors (Lipinski definition) is 4. The standard InChI is InChI=1S/C13H21N5O/c1-13(2,3)17-9-11-15-7-8-18(11)10-12(19)16-6-4-5-14/h7-8,17H,4,6,9-10H2,1-3H3,(H,16,19). The van der Waals surface area contributed by atoms with Crippen LogP contribution in [0.3, 0.4) is 0 Å². The van der Waals surface area contributed by atoms with E-state index < -0.39 is 0 Å². The van der Waals surface area contributed by atoms with Crippen LogP contribution in [0.4, 0.5) is 0 Å². The van der Waals surface area contributed by atoms with Crippen molar-refractivity contribution in [1.29, 1.82) is 5.26 Å². The molecule has 0 aliphatic heterocycles. The highest BCUT2D eigenvalue weighted by molar-refractivity contribution is 5.75. The SMILES string of the molecule is CC(C)(C)NCc1nccn1CC(=O)NCCC#N. The van der Waals surface area contributed by atoms with Gasteiger partial charge in [-0.05, 0) is 20.8 Å². The summed E-state index contributed by atoms with van der Waals surface area (Å²) >= 11 is 0. The van der Waals surface area contributed by atoms with E-state index in [-0.39, 0.29) is 18.0 Å². The summed E-state index contributed by atoms with van der Waals surface area (Å²) in [5.74, 6) is 0.718. The van der Waals surface area contributed by atoms with Crippen LogP contribution in [0.1, 0.15) is 33.0 Å². The van der Waals surface area contributed by atoms with E-state index in [0.717, 1.165) is 5.82 Å². The highest BCUT2D eigenvalue weighted by Crippen LogP contribution is 2.03. The molecule has 0 fully saturated rings. The maximum absolute atomic E-state index is 11.6. The Bertz CT molecular complexity index is 452. The van der Waals surface area contributed by atoms with Gasteiger partial charge in [-0.25, -0.2) is 4.98 Å². The van der Waals surface area contributed by atoms with E-state index in [0.29, 0.717) is 19.5 Å². The number of carbonyl (C=O) groups is 1. The van der Waals surface area contributed by atoms with Crippen molar-refractivity contribution in [2.75, 3.05) is 6.54 Å². The normalized spacial score (nSPS) is 11.1. The molecule has 1 heterocycles. The van der Waals surface area contributed by atoms with E-state index in [2.05, 4.69) is 36.4 Å². The summed E-state index contributed by atoms with van der Waals surface area (Å²) < 4.78 is 1.81. The van der Waals surface area contributed by atoms with Crippen LogP contribution in [-0.4, -0.2) is 27.5 Å². The second-order valence-electron chi connectivity index (χ2n) is 5.33. The van der Waals surface area contributed by atoms with Crippen molar-refractivity contribution in [3.63, 3.8) is 0 Å². The number of nitrogens with zero attached hydrogens (tertiary/aromatic N) is 3. The first-order chi connectivity index (χ1) is 8.92. The maximum atomic E-state index is 11.6. The monoisotopic (exact) mass is 263 g/mol. The van der Waals surface area contributed by atoms with Crippen molar-refractivity contribution in [2.24, 2.45) is 0 Å². The highest BCUT2D eigenvalue weighted by Gasteiger charge is 2.12. The number of rotatable bonds is 6. The van der Waals surface area contributed by atoms with Crippen molar-refractivity contribution >= 4 is 5.91 Å². The summed E-state index contributed by atoms with van der Waals surface area (Å²) in [5.41, 5.74) is 0.00579. The highest BCUT2D eigenvalue weighted by atomic mass is 16.1. The van der Waals surface area contributed by atoms with Crippen molar-refractivity contribution < 1.29 is 4.79 Å². The third kappa shape index (κ3) is 6.02. The van der Waals surface area contributed by atoms with Gasteiger partial charge in [0.05, 0.1) is 19.0 Å². The van der Waals surface area contributed by atoms with Crippen molar-refractivity contribution in [2.45, 2.75) is 45.8 Å². The molecule has 0 radical (unpaired) electrons. The predicted octanol–water partition coefficient (Wildman–Crippen LogP) is 0.801. The zero-order valence-electron chi connectivity index (χ0n) is 11.7. The lowest BCUT2D eigenvalue weighted by Gasteiger charge is -2.20. The van der Waals surface area contributed by atoms with Crippen molar-refractivity contribution in [3.05, 3.63) is 18.2 Å². The van der Waals surface area contributed by atoms with Crippen LogP contribution in [-0.2, 0) is 17.9 Å². The average molecular weight is 263 g/mol. The number of aromatic nitrogens is 2. The third-order valence-corrected chi connectivity index (χ3v) is 2.45. The van der Waals surface area contributed by atoms with Crippen LogP contribution in [0.5, 0.6) is 0 Å². The average Bonchev–Trinajstić information content (AvgIpc) is 2.73.